The van der Waals surface area contributed by atoms with E-state index in [-0.39, 0.29) is 5.91 Å². The van der Waals surface area contributed by atoms with E-state index in [1.165, 1.54) is 32.1 Å². The molecule has 0 aromatic carbocycles. The van der Waals surface area contributed by atoms with Gasteiger partial charge >= 0.3 is 0 Å². The standard InChI is InChI=1S/C18H24N4O/c1-12-9-10-15-17(19-12)22(14-7-4-8-14)18(20-15)21-16(23)11-13-5-2-3-6-13/h9-10,13-14H,2-8,11H2,1H3,(H,20,21,23). The summed E-state index contributed by atoms with van der Waals surface area (Å²) in [6, 6.07) is 4.40. The van der Waals surface area contributed by atoms with Crippen LogP contribution in [0.1, 0.15) is 63.1 Å². The number of hydrogen-bond donors (Lipinski definition) is 1. The molecule has 0 aliphatic heterocycles. The molecule has 2 aliphatic rings. The summed E-state index contributed by atoms with van der Waals surface area (Å²) >= 11 is 0. The summed E-state index contributed by atoms with van der Waals surface area (Å²) in [7, 11) is 0. The Morgan fingerprint density at radius 3 is 2.65 bits per heavy atom. The molecule has 1 N–H and O–H groups in total. The van der Waals surface area contributed by atoms with Crippen LogP contribution in [0.25, 0.3) is 11.2 Å². The predicted octanol–water partition coefficient (Wildman–Crippen LogP) is 3.98. The SMILES string of the molecule is Cc1ccc2nc(NC(=O)CC3CCCC3)n(C3CCC3)c2n1. The molecule has 2 aromatic heterocycles. The highest BCUT2D eigenvalue weighted by atomic mass is 16.1. The van der Waals surface area contributed by atoms with Crippen LogP contribution in [-0.2, 0) is 4.79 Å². The summed E-state index contributed by atoms with van der Waals surface area (Å²) in [5.41, 5.74) is 2.77. The van der Waals surface area contributed by atoms with Crippen molar-refractivity contribution in [1.82, 2.24) is 14.5 Å². The molecule has 2 fully saturated rings. The van der Waals surface area contributed by atoms with Crippen LogP contribution in [0, 0.1) is 12.8 Å². The number of rotatable bonds is 4. The normalized spacial score (nSPS) is 19.2. The Morgan fingerprint density at radius 2 is 1.96 bits per heavy atom. The van der Waals surface area contributed by atoms with Gasteiger partial charge in [-0.25, -0.2) is 9.97 Å². The first-order chi connectivity index (χ1) is 11.2. The third-order valence-electron chi connectivity index (χ3n) is 5.32. The van der Waals surface area contributed by atoms with Gasteiger partial charge in [-0.2, -0.15) is 0 Å². The number of fused-ring (bicyclic) bond motifs is 1. The van der Waals surface area contributed by atoms with E-state index >= 15 is 0 Å². The van der Waals surface area contributed by atoms with Gasteiger partial charge in [0.2, 0.25) is 11.9 Å². The first-order valence-electron chi connectivity index (χ1n) is 8.86. The number of nitrogens with zero attached hydrogens (tertiary/aromatic N) is 3. The van der Waals surface area contributed by atoms with E-state index in [1.807, 2.05) is 19.1 Å². The highest BCUT2D eigenvalue weighted by Crippen LogP contribution is 2.37. The largest absolute Gasteiger partial charge is 0.296 e. The van der Waals surface area contributed by atoms with Crippen molar-refractivity contribution in [1.29, 1.82) is 0 Å². The number of anilines is 1. The Morgan fingerprint density at radius 1 is 1.17 bits per heavy atom. The number of pyridine rings is 1. The molecule has 0 unspecified atom stereocenters. The van der Waals surface area contributed by atoms with E-state index in [9.17, 15) is 4.79 Å². The van der Waals surface area contributed by atoms with Crippen molar-refractivity contribution in [3.8, 4) is 0 Å². The van der Waals surface area contributed by atoms with Gasteiger partial charge in [-0.15, -0.1) is 0 Å². The molecule has 2 saturated carbocycles. The zero-order chi connectivity index (χ0) is 15.8. The van der Waals surface area contributed by atoms with Gasteiger partial charge in [0.15, 0.2) is 5.65 Å². The summed E-state index contributed by atoms with van der Waals surface area (Å²) in [6.07, 6.45) is 9.06. The maximum absolute atomic E-state index is 12.4. The fraction of sp³-hybridized carbons (Fsp3) is 0.611. The molecule has 2 aliphatic carbocycles. The van der Waals surface area contributed by atoms with Gasteiger partial charge in [-0.1, -0.05) is 12.8 Å². The zero-order valence-corrected chi connectivity index (χ0v) is 13.7. The van der Waals surface area contributed by atoms with Crippen molar-refractivity contribution in [2.24, 2.45) is 5.92 Å². The Balaban J connectivity index is 1.61. The Kier molecular flexibility index (Phi) is 3.79. The summed E-state index contributed by atoms with van der Waals surface area (Å²) in [5.74, 6) is 1.34. The number of carbonyl (C=O) groups excluding carboxylic acids is 1. The fourth-order valence-electron chi connectivity index (χ4n) is 3.80. The number of imidazole rings is 1. The monoisotopic (exact) mass is 312 g/mol. The van der Waals surface area contributed by atoms with Crippen molar-refractivity contribution >= 4 is 23.0 Å². The molecule has 0 saturated heterocycles. The molecular weight excluding hydrogens is 288 g/mol. The second-order valence-electron chi connectivity index (χ2n) is 7.09. The molecule has 0 radical (unpaired) electrons. The molecular formula is C18H24N4O. The van der Waals surface area contributed by atoms with E-state index in [2.05, 4.69) is 19.9 Å². The number of hydrogen-bond acceptors (Lipinski definition) is 3. The molecule has 0 atom stereocenters. The van der Waals surface area contributed by atoms with E-state index in [0.29, 0.717) is 24.3 Å². The van der Waals surface area contributed by atoms with Crippen molar-refractivity contribution in [3.63, 3.8) is 0 Å². The van der Waals surface area contributed by atoms with Gasteiger partial charge in [-0.05, 0) is 57.1 Å². The van der Waals surface area contributed by atoms with Crippen LogP contribution < -0.4 is 5.32 Å². The van der Waals surface area contributed by atoms with Crippen LogP contribution in [0.4, 0.5) is 5.95 Å². The summed E-state index contributed by atoms with van der Waals surface area (Å²) in [4.78, 5) is 21.7. The summed E-state index contributed by atoms with van der Waals surface area (Å²) < 4.78 is 2.15. The maximum atomic E-state index is 12.4. The third-order valence-corrected chi connectivity index (χ3v) is 5.32. The zero-order valence-electron chi connectivity index (χ0n) is 13.7. The van der Waals surface area contributed by atoms with E-state index in [0.717, 1.165) is 29.7 Å². The van der Waals surface area contributed by atoms with Crippen molar-refractivity contribution < 1.29 is 4.79 Å². The van der Waals surface area contributed by atoms with Crippen molar-refractivity contribution in [2.75, 3.05) is 5.32 Å². The Bertz CT molecular complexity index is 726. The van der Waals surface area contributed by atoms with Gasteiger partial charge in [0.25, 0.3) is 0 Å². The average Bonchev–Trinajstić information content (AvgIpc) is 3.07. The van der Waals surface area contributed by atoms with E-state index in [1.54, 1.807) is 0 Å². The second kappa shape index (κ2) is 5.95. The topological polar surface area (TPSA) is 59.8 Å². The smallest absolute Gasteiger partial charge is 0.226 e. The van der Waals surface area contributed by atoms with E-state index in [4.69, 9.17) is 0 Å². The molecule has 5 nitrogen and oxygen atoms in total. The predicted molar refractivity (Wildman–Crippen MR) is 90.4 cm³/mol. The highest BCUT2D eigenvalue weighted by molar-refractivity contribution is 5.91. The third kappa shape index (κ3) is 2.84. The van der Waals surface area contributed by atoms with E-state index < -0.39 is 0 Å². The molecule has 1 amide bonds. The van der Waals surface area contributed by atoms with Crippen LogP contribution in [0.15, 0.2) is 12.1 Å². The highest BCUT2D eigenvalue weighted by Gasteiger charge is 2.27. The van der Waals surface area contributed by atoms with Gasteiger partial charge in [0.1, 0.15) is 5.52 Å². The number of nitrogens with one attached hydrogen (secondary N) is 1. The van der Waals surface area contributed by atoms with Crippen LogP contribution in [0.3, 0.4) is 0 Å². The van der Waals surface area contributed by atoms with Crippen LogP contribution in [-0.4, -0.2) is 20.4 Å². The first-order valence-corrected chi connectivity index (χ1v) is 8.86. The Hall–Kier alpha value is -1.91. The lowest BCUT2D eigenvalue weighted by Crippen LogP contribution is -2.23. The molecule has 23 heavy (non-hydrogen) atoms. The summed E-state index contributed by atoms with van der Waals surface area (Å²) in [6.45, 7) is 2.00. The molecule has 0 spiro atoms. The van der Waals surface area contributed by atoms with Crippen LogP contribution in [0.2, 0.25) is 0 Å². The molecule has 2 heterocycles. The van der Waals surface area contributed by atoms with Gasteiger partial charge in [0.05, 0.1) is 0 Å². The average molecular weight is 312 g/mol. The van der Waals surface area contributed by atoms with Crippen molar-refractivity contribution in [2.45, 2.75) is 64.3 Å². The minimum atomic E-state index is 0.101. The lowest BCUT2D eigenvalue weighted by molar-refractivity contribution is -0.117. The molecule has 2 aromatic rings. The van der Waals surface area contributed by atoms with Crippen molar-refractivity contribution in [3.05, 3.63) is 17.8 Å². The maximum Gasteiger partial charge on any atom is 0.226 e. The Labute approximate surface area is 136 Å². The summed E-state index contributed by atoms with van der Waals surface area (Å²) in [5, 5.41) is 3.07. The molecule has 4 rings (SSSR count). The quantitative estimate of drug-likeness (QED) is 0.928. The lowest BCUT2D eigenvalue weighted by atomic mass is 9.93. The van der Waals surface area contributed by atoms with Gasteiger partial charge in [-0.3, -0.25) is 14.7 Å². The lowest BCUT2D eigenvalue weighted by Gasteiger charge is -2.28. The number of carbonyl (C=O) groups is 1. The number of aryl methyl sites for hydroxylation is 1. The molecule has 0 bridgehead atoms. The second-order valence-corrected chi connectivity index (χ2v) is 7.09. The van der Waals surface area contributed by atoms with Gasteiger partial charge in [0, 0.05) is 18.2 Å². The molecule has 5 heteroatoms. The number of aromatic nitrogens is 3. The minimum absolute atomic E-state index is 0.101. The van der Waals surface area contributed by atoms with Crippen LogP contribution >= 0.6 is 0 Å². The number of amides is 1. The fourth-order valence-corrected chi connectivity index (χ4v) is 3.80. The first kappa shape index (κ1) is 14.7. The van der Waals surface area contributed by atoms with Crippen LogP contribution in [0.5, 0.6) is 0 Å². The minimum Gasteiger partial charge on any atom is -0.296 e. The van der Waals surface area contributed by atoms with Gasteiger partial charge < -0.3 is 0 Å². The molecule has 122 valence electrons.